The number of methoxy groups -OCH3 is 1. The Bertz CT molecular complexity index is 1410. The second-order valence-corrected chi connectivity index (χ2v) is 10.4. The molecule has 0 aliphatic carbocycles. The number of rotatable bonds is 11. The highest BCUT2D eigenvalue weighted by Crippen LogP contribution is 2.35. The number of ether oxygens (including phenoxy) is 4. The second-order valence-electron chi connectivity index (χ2n) is 10.4. The largest absolute Gasteiger partial charge is 0.497 e. The lowest BCUT2D eigenvalue weighted by Crippen LogP contribution is -2.55. The van der Waals surface area contributed by atoms with Crippen molar-refractivity contribution in [2.75, 3.05) is 46.8 Å². The number of nitrogens with zero attached hydrogens (tertiary/aromatic N) is 6. The first kappa shape index (κ1) is 30.7. The monoisotopic (exact) mass is 583 g/mol. The lowest BCUT2D eigenvalue weighted by atomic mass is 10.0. The molecule has 5 unspecified atom stereocenters. The predicted molar refractivity (Wildman–Crippen MR) is 152 cm³/mol. The van der Waals surface area contributed by atoms with Crippen molar-refractivity contribution in [2.24, 2.45) is 0 Å². The van der Waals surface area contributed by atoms with Crippen LogP contribution in [-0.2, 0) is 35.0 Å². The lowest BCUT2D eigenvalue weighted by Gasteiger charge is -2.29. The Balaban J connectivity index is 1.67. The molecule has 0 saturated carbocycles. The van der Waals surface area contributed by atoms with Gasteiger partial charge in [-0.25, -0.2) is 15.0 Å². The van der Waals surface area contributed by atoms with Crippen molar-refractivity contribution in [3.63, 3.8) is 0 Å². The Kier molecular flexibility index (Phi) is 9.58. The number of likely N-dealkylation sites (N-methyl/N-ethyl adjacent to an activating group) is 1. The minimum atomic E-state index is -0.994. The van der Waals surface area contributed by atoms with Gasteiger partial charge in [0.2, 0.25) is 5.91 Å². The van der Waals surface area contributed by atoms with Gasteiger partial charge in [-0.05, 0) is 38.2 Å². The maximum absolute atomic E-state index is 13.8. The molecule has 4 rings (SSSR count). The van der Waals surface area contributed by atoms with Gasteiger partial charge in [-0.2, -0.15) is 0 Å². The zero-order valence-corrected chi connectivity index (χ0v) is 24.8. The molecule has 226 valence electrons. The molecule has 42 heavy (non-hydrogen) atoms. The Labute approximate surface area is 243 Å². The van der Waals surface area contributed by atoms with E-state index >= 15 is 0 Å². The SMILES string of the molecule is COc1ccc(CC(C(=O)NC2C(COC(C)=O)OC(n3cnc4c(N(C)C)ncnc43)C2OC(C)=O)N(C)C)cc1. The number of carbonyl (C=O) groups excluding carboxylic acids is 3. The van der Waals surface area contributed by atoms with Gasteiger partial charge in [0.05, 0.1) is 19.5 Å². The summed E-state index contributed by atoms with van der Waals surface area (Å²) in [5.74, 6) is -0.0989. The van der Waals surface area contributed by atoms with Crippen LogP contribution in [-0.4, -0.2) is 108 Å². The van der Waals surface area contributed by atoms with Crippen LogP contribution >= 0.6 is 0 Å². The Hall–Kier alpha value is -4.30. The van der Waals surface area contributed by atoms with Crippen LogP contribution in [0.5, 0.6) is 5.75 Å². The summed E-state index contributed by atoms with van der Waals surface area (Å²) in [6.45, 7) is 2.38. The molecule has 3 heterocycles. The second kappa shape index (κ2) is 13.1. The molecule has 14 heteroatoms. The zero-order chi connectivity index (χ0) is 30.6. The van der Waals surface area contributed by atoms with Crippen molar-refractivity contribution in [3.8, 4) is 5.75 Å². The number of fused-ring (bicyclic) bond motifs is 1. The van der Waals surface area contributed by atoms with Gasteiger partial charge in [-0.15, -0.1) is 0 Å². The predicted octanol–water partition coefficient (Wildman–Crippen LogP) is 0.951. The number of esters is 2. The average Bonchev–Trinajstić information content (AvgIpc) is 3.51. The number of anilines is 1. The summed E-state index contributed by atoms with van der Waals surface area (Å²) in [5.41, 5.74) is 1.89. The highest BCUT2D eigenvalue weighted by molar-refractivity contribution is 5.84. The molecule has 1 aliphatic rings. The number of aromatic nitrogens is 4. The summed E-state index contributed by atoms with van der Waals surface area (Å²) in [6.07, 6.45) is 0.557. The summed E-state index contributed by atoms with van der Waals surface area (Å²) in [7, 11) is 8.88. The minimum absolute atomic E-state index is 0.176. The van der Waals surface area contributed by atoms with E-state index in [0.29, 0.717) is 29.2 Å². The number of nitrogens with one attached hydrogen (secondary N) is 1. The highest BCUT2D eigenvalue weighted by Gasteiger charge is 2.50. The Morgan fingerprint density at radius 2 is 1.76 bits per heavy atom. The van der Waals surface area contributed by atoms with Crippen molar-refractivity contribution in [2.45, 2.75) is 50.8 Å². The quantitative estimate of drug-likeness (QED) is 0.320. The summed E-state index contributed by atoms with van der Waals surface area (Å²) in [6, 6.07) is 6.03. The Morgan fingerprint density at radius 3 is 2.36 bits per heavy atom. The number of amides is 1. The van der Waals surface area contributed by atoms with E-state index in [1.807, 2.05) is 38.4 Å². The Morgan fingerprint density at radius 1 is 1.05 bits per heavy atom. The van der Waals surface area contributed by atoms with Gasteiger partial charge in [0.1, 0.15) is 30.8 Å². The number of imidazole rings is 1. The fourth-order valence-corrected chi connectivity index (χ4v) is 4.90. The fraction of sp³-hybridized carbons (Fsp3) is 0.500. The van der Waals surface area contributed by atoms with Crippen molar-refractivity contribution in [3.05, 3.63) is 42.5 Å². The summed E-state index contributed by atoms with van der Waals surface area (Å²) < 4.78 is 24.2. The molecule has 1 aliphatic heterocycles. The van der Waals surface area contributed by atoms with Crippen LogP contribution in [0.25, 0.3) is 11.2 Å². The third kappa shape index (κ3) is 6.77. The summed E-state index contributed by atoms with van der Waals surface area (Å²) in [4.78, 5) is 54.6. The van der Waals surface area contributed by atoms with Gasteiger partial charge in [0.25, 0.3) is 0 Å². The van der Waals surface area contributed by atoms with E-state index in [9.17, 15) is 14.4 Å². The van der Waals surface area contributed by atoms with Gasteiger partial charge in [-0.3, -0.25) is 23.9 Å². The molecule has 0 radical (unpaired) electrons. The highest BCUT2D eigenvalue weighted by atomic mass is 16.6. The average molecular weight is 584 g/mol. The summed E-state index contributed by atoms with van der Waals surface area (Å²) in [5, 5.41) is 3.03. The molecule has 5 atom stereocenters. The smallest absolute Gasteiger partial charge is 0.303 e. The third-order valence-electron chi connectivity index (χ3n) is 6.96. The van der Waals surface area contributed by atoms with Crippen molar-refractivity contribution >= 4 is 34.8 Å². The molecule has 3 aromatic rings. The molecule has 2 aromatic heterocycles. The molecule has 1 fully saturated rings. The number of hydrogen-bond donors (Lipinski definition) is 1. The molecule has 1 amide bonds. The van der Waals surface area contributed by atoms with Gasteiger partial charge in [0, 0.05) is 27.9 Å². The first-order valence-electron chi connectivity index (χ1n) is 13.4. The van der Waals surface area contributed by atoms with E-state index in [4.69, 9.17) is 18.9 Å². The zero-order valence-electron chi connectivity index (χ0n) is 24.8. The first-order chi connectivity index (χ1) is 20.0. The van der Waals surface area contributed by atoms with E-state index in [2.05, 4.69) is 20.3 Å². The van der Waals surface area contributed by atoms with Crippen LogP contribution in [0.3, 0.4) is 0 Å². The molecule has 0 bridgehead atoms. The molecular weight excluding hydrogens is 546 g/mol. The first-order valence-corrected chi connectivity index (χ1v) is 13.4. The van der Waals surface area contributed by atoms with Crippen LogP contribution in [0.2, 0.25) is 0 Å². The van der Waals surface area contributed by atoms with Crippen molar-refractivity contribution in [1.82, 2.24) is 29.7 Å². The fourth-order valence-electron chi connectivity index (χ4n) is 4.90. The number of hydrogen-bond acceptors (Lipinski definition) is 12. The van der Waals surface area contributed by atoms with Crippen molar-refractivity contribution < 1.29 is 33.3 Å². The van der Waals surface area contributed by atoms with Gasteiger partial charge in [-0.1, -0.05) is 12.1 Å². The van der Waals surface area contributed by atoms with Crippen LogP contribution < -0.4 is 15.0 Å². The van der Waals surface area contributed by atoms with E-state index in [1.54, 1.807) is 35.6 Å². The van der Waals surface area contributed by atoms with Crippen LogP contribution in [0.15, 0.2) is 36.9 Å². The lowest BCUT2D eigenvalue weighted by molar-refractivity contribution is -0.153. The van der Waals surface area contributed by atoms with Crippen LogP contribution in [0, 0.1) is 0 Å². The maximum atomic E-state index is 13.8. The minimum Gasteiger partial charge on any atom is -0.497 e. The normalized spacial score (nSPS) is 20.8. The van der Waals surface area contributed by atoms with Gasteiger partial charge >= 0.3 is 11.9 Å². The van der Waals surface area contributed by atoms with Gasteiger partial charge < -0.3 is 29.2 Å². The molecule has 1 saturated heterocycles. The number of benzene rings is 1. The standard InChI is InChI=1S/C28H37N7O7/c1-16(36)40-13-21-22(32-27(38)20(33(3)4)12-18-8-10-19(39-7)11-9-18)24(41-17(2)37)28(42-21)35-15-31-23-25(34(5)6)29-14-30-26(23)35/h8-11,14-15,20-22,24,28H,12-13H2,1-7H3,(H,32,38). The number of carbonyl (C=O) groups is 3. The third-order valence-corrected chi connectivity index (χ3v) is 6.96. The molecule has 14 nitrogen and oxygen atoms in total. The van der Waals surface area contributed by atoms with Crippen molar-refractivity contribution in [1.29, 1.82) is 0 Å². The molecular formula is C28H37N7O7. The van der Waals surface area contributed by atoms with E-state index in [1.165, 1.54) is 26.5 Å². The van der Waals surface area contributed by atoms with Crippen LogP contribution in [0.1, 0.15) is 25.6 Å². The van der Waals surface area contributed by atoms with Crippen LogP contribution in [0.4, 0.5) is 5.82 Å². The maximum Gasteiger partial charge on any atom is 0.303 e. The summed E-state index contributed by atoms with van der Waals surface area (Å²) >= 11 is 0. The van der Waals surface area contributed by atoms with Gasteiger partial charge in [0.15, 0.2) is 29.3 Å². The molecule has 1 aromatic carbocycles. The molecule has 1 N–H and O–H groups in total. The van der Waals surface area contributed by atoms with E-state index in [0.717, 1.165) is 5.56 Å². The topological polar surface area (TPSA) is 150 Å². The van der Waals surface area contributed by atoms with E-state index < -0.39 is 42.5 Å². The molecule has 0 spiro atoms. The van der Waals surface area contributed by atoms with E-state index in [-0.39, 0.29) is 12.5 Å².